The third-order valence-corrected chi connectivity index (χ3v) is 6.15. The molecule has 4 heteroatoms. The summed E-state index contributed by atoms with van der Waals surface area (Å²) in [5.74, 6) is -0.157. The van der Waals surface area contributed by atoms with Crippen LogP contribution >= 0.6 is 0 Å². The van der Waals surface area contributed by atoms with E-state index in [1.807, 2.05) is 100 Å². The Balaban J connectivity index is 1.97. The lowest BCUT2D eigenvalue weighted by Crippen LogP contribution is -2.52. The molecule has 0 heterocycles. The molecule has 3 rings (SSSR count). The lowest BCUT2D eigenvalue weighted by Gasteiger charge is -2.32. The van der Waals surface area contributed by atoms with Gasteiger partial charge >= 0.3 is 0 Å². The SMILES string of the molecule is CCC(C)NC(=O)C(Cc1ccccc1)N(Cc1cccc(C)c1)C(=O)Cc1cccc(C)c1. The van der Waals surface area contributed by atoms with Gasteiger partial charge in [-0.05, 0) is 43.9 Å². The van der Waals surface area contributed by atoms with Crippen molar-refractivity contribution < 1.29 is 9.59 Å². The van der Waals surface area contributed by atoms with Gasteiger partial charge in [0.05, 0.1) is 6.42 Å². The van der Waals surface area contributed by atoms with Gasteiger partial charge in [0.1, 0.15) is 6.04 Å². The molecule has 2 amide bonds. The summed E-state index contributed by atoms with van der Waals surface area (Å²) >= 11 is 0. The molecule has 0 fully saturated rings. The van der Waals surface area contributed by atoms with Crippen molar-refractivity contribution in [1.29, 1.82) is 0 Å². The highest BCUT2D eigenvalue weighted by molar-refractivity contribution is 5.89. The Kier molecular flexibility index (Phi) is 9.03. The highest BCUT2D eigenvalue weighted by atomic mass is 16.2. The predicted octanol–water partition coefficient (Wildman–Crippen LogP) is 5.40. The van der Waals surface area contributed by atoms with E-state index in [-0.39, 0.29) is 24.3 Å². The Labute approximate surface area is 204 Å². The molecule has 3 aromatic carbocycles. The standard InChI is InChI=1S/C30H36N2O2/c1-5-24(4)31-30(34)28(19-25-13-7-6-8-14-25)32(21-27-16-10-12-23(3)18-27)29(33)20-26-15-9-11-22(2)17-26/h6-18,24,28H,5,19-21H2,1-4H3,(H,31,34). The molecule has 0 spiro atoms. The molecule has 0 radical (unpaired) electrons. The minimum atomic E-state index is -0.603. The molecular formula is C30H36N2O2. The topological polar surface area (TPSA) is 49.4 Å². The zero-order valence-electron chi connectivity index (χ0n) is 20.8. The summed E-state index contributed by atoms with van der Waals surface area (Å²) in [6, 6.07) is 25.5. The predicted molar refractivity (Wildman–Crippen MR) is 138 cm³/mol. The summed E-state index contributed by atoms with van der Waals surface area (Å²) in [6.45, 7) is 8.50. The van der Waals surface area contributed by atoms with Crippen molar-refractivity contribution in [3.63, 3.8) is 0 Å². The zero-order valence-corrected chi connectivity index (χ0v) is 20.8. The van der Waals surface area contributed by atoms with Crippen molar-refractivity contribution >= 4 is 11.8 Å². The quantitative estimate of drug-likeness (QED) is 0.444. The van der Waals surface area contributed by atoms with Crippen molar-refractivity contribution in [2.45, 2.75) is 65.6 Å². The number of benzene rings is 3. The van der Waals surface area contributed by atoms with E-state index in [0.717, 1.165) is 34.2 Å². The number of rotatable bonds is 10. The second-order valence-corrected chi connectivity index (χ2v) is 9.20. The number of nitrogens with zero attached hydrogens (tertiary/aromatic N) is 1. The Morgan fingerprint density at radius 3 is 2.03 bits per heavy atom. The van der Waals surface area contributed by atoms with Gasteiger partial charge in [-0.2, -0.15) is 0 Å². The average Bonchev–Trinajstić information content (AvgIpc) is 2.81. The van der Waals surface area contributed by atoms with Crippen LogP contribution in [0, 0.1) is 13.8 Å². The van der Waals surface area contributed by atoms with E-state index >= 15 is 0 Å². The Hall–Kier alpha value is -3.40. The fraction of sp³-hybridized carbons (Fsp3) is 0.333. The van der Waals surface area contributed by atoms with Crippen LogP contribution < -0.4 is 5.32 Å². The van der Waals surface area contributed by atoms with Gasteiger partial charge in [-0.15, -0.1) is 0 Å². The molecule has 3 aromatic rings. The minimum absolute atomic E-state index is 0.0402. The molecule has 4 nitrogen and oxygen atoms in total. The third-order valence-electron chi connectivity index (χ3n) is 6.15. The van der Waals surface area contributed by atoms with Crippen molar-refractivity contribution in [2.75, 3.05) is 0 Å². The molecule has 2 unspecified atom stereocenters. The van der Waals surface area contributed by atoms with Crippen LogP contribution in [0.25, 0.3) is 0 Å². The second kappa shape index (κ2) is 12.2. The van der Waals surface area contributed by atoms with E-state index in [0.29, 0.717) is 13.0 Å². The third kappa shape index (κ3) is 7.31. The fourth-order valence-corrected chi connectivity index (χ4v) is 4.10. The molecule has 1 N–H and O–H groups in total. The van der Waals surface area contributed by atoms with E-state index in [1.54, 1.807) is 4.90 Å². The summed E-state index contributed by atoms with van der Waals surface area (Å²) in [5, 5.41) is 3.12. The molecule has 0 saturated carbocycles. The zero-order chi connectivity index (χ0) is 24.5. The summed E-state index contributed by atoms with van der Waals surface area (Å²) in [4.78, 5) is 29.0. The monoisotopic (exact) mass is 456 g/mol. The molecule has 0 aliphatic heterocycles. The van der Waals surface area contributed by atoms with E-state index in [2.05, 4.69) is 11.4 Å². The van der Waals surface area contributed by atoms with Gasteiger partial charge in [-0.3, -0.25) is 9.59 Å². The number of aryl methyl sites for hydroxylation is 2. The van der Waals surface area contributed by atoms with Crippen molar-refractivity contribution in [3.05, 3.63) is 107 Å². The van der Waals surface area contributed by atoms with E-state index in [9.17, 15) is 9.59 Å². The van der Waals surface area contributed by atoms with Gasteiger partial charge in [-0.1, -0.05) is 96.9 Å². The first-order chi connectivity index (χ1) is 16.4. The second-order valence-electron chi connectivity index (χ2n) is 9.20. The Bertz CT molecular complexity index is 1090. The molecule has 0 aliphatic rings. The summed E-state index contributed by atoms with van der Waals surface area (Å²) in [7, 11) is 0. The maximum atomic E-state index is 13.8. The van der Waals surface area contributed by atoms with Crippen LogP contribution in [0.15, 0.2) is 78.9 Å². The van der Waals surface area contributed by atoms with Crippen LogP contribution in [0.1, 0.15) is 48.1 Å². The Morgan fingerprint density at radius 1 is 0.824 bits per heavy atom. The number of amides is 2. The van der Waals surface area contributed by atoms with Crippen LogP contribution in [0.5, 0.6) is 0 Å². The molecule has 2 atom stereocenters. The van der Waals surface area contributed by atoms with E-state index in [1.165, 1.54) is 0 Å². The largest absolute Gasteiger partial charge is 0.352 e. The van der Waals surface area contributed by atoms with Crippen LogP contribution in [-0.2, 0) is 29.0 Å². The van der Waals surface area contributed by atoms with Crippen molar-refractivity contribution in [3.8, 4) is 0 Å². The minimum Gasteiger partial charge on any atom is -0.352 e. The number of carbonyl (C=O) groups excluding carboxylic acids is 2. The van der Waals surface area contributed by atoms with Crippen LogP contribution in [0.3, 0.4) is 0 Å². The van der Waals surface area contributed by atoms with Crippen LogP contribution in [-0.4, -0.2) is 28.8 Å². The van der Waals surface area contributed by atoms with Gasteiger partial charge < -0.3 is 10.2 Å². The highest BCUT2D eigenvalue weighted by Crippen LogP contribution is 2.18. The number of nitrogens with one attached hydrogen (secondary N) is 1. The molecule has 0 bridgehead atoms. The highest BCUT2D eigenvalue weighted by Gasteiger charge is 2.31. The first-order valence-electron chi connectivity index (χ1n) is 12.1. The number of carbonyl (C=O) groups is 2. The van der Waals surface area contributed by atoms with Crippen molar-refractivity contribution in [1.82, 2.24) is 10.2 Å². The molecule has 0 aromatic heterocycles. The van der Waals surface area contributed by atoms with Crippen LogP contribution in [0.2, 0.25) is 0 Å². The Morgan fingerprint density at radius 2 is 1.41 bits per heavy atom. The number of hydrogen-bond donors (Lipinski definition) is 1. The first-order valence-corrected chi connectivity index (χ1v) is 12.1. The normalized spacial score (nSPS) is 12.6. The van der Waals surface area contributed by atoms with Gasteiger partial charge in [0.2, 0.25) is 11.8 Å². The molecule has 0 saturated heterocycles. The molecule has 34 heavy (non-hydrogen) atoms. The lowest BCUT2D eigenvalue weighted by atomic mass is 10.0. The van der Waals surface area contributed by atoms with E-state index < -0.39 is 6.04 Å². The summed E-state index contributed by atoms with van der Waals surface area (Å²) < 4.78 is 0. The molecule has 178 valence electrons. The average molecular weight is 457 g/mol. The molecular weight excluding hydrogens is 420 g/mol. The summed E-state index contributed by atoms with van der Waals surface area (Å²) in [6.07, 6.45) is 1.56. The number of hydrogen-bond acceptors (Lipinski definition) is 2. The van der Waals surface area contributed by atoms with Gasteiger partial charge in [0.15, 0.2) is 0 Å². The fourth-order valence-electron chi connectivity index (χ4n) is 4.10. The lowest BCUT2D eigenvalue weighted by molar-refractivity contribution is -0.141. The van der Waals surface area contributed by atoms with Gasteiger partial charge in [0, 0.05) is 19.0 Å². The maximum absolute atomic E-state index is 13.8. The smallest absolute Gasteiger partial charge is 0.243 e. The first kappa shape index (κ1) is 25.2. The van der Waals surface area contributed by atoms with Crippen molar-refractivity contribution in [2.24, 2.45) is 0 Å². The maximum Gasteiger partial charge on any atom is 0.243 e. The molecule has 0 aliphatic carbocycles. The van der Waals surface area contributed by atoms with Crippen LogP contribution in [0.4, 0.5) is 0 Å². The van der Waals surface area contributed by atoms with E-state index in [4.69, 9.17) is 0 Å². The van der Waals surface area contributed by atoms with Gasteiger partial charge in [-0.25, -0.2) is 0 Å². The van der Waals surface area contributed by atoms with Gasteiger partial charge in [0.25, 0.3) is 0 Å². The summed E-state index contributed by atoms with van der Waals surface area (Å²) in [5.41, 5.74) is 5.26.